The average Bonchev–Trinajstić information content (AvgIpc) is 2.83. The maximum Gasteiger partial charge on any atom is 0.257 e. The van der Waals surface area contributed by atoms with Crippen LogP contribution < -0.4 is 10.7 Å². The van der Waals surface area contributed by atoms with Crippen LogP contribution in [0.5, 0.6) is 0 Å². The highest BCUT2D eigenvalue weighted by Crippen LogP contribution is 2.12. The number of nitrogens with one attached hydrogen (secondary N) is 2. The molecule has 1 fully saturated rings. The summed E-state index contributed by atoms with van der Waals surface area (Å²) in [6.45, 7) is 3.27. The lowest BCUT2D eigenvalue weighted by Crippen LogP contribution is -2.50. The minimum Gasteiger partial charge on any atom is -0.379 e. The Kier molecular flexibility index (Phi) is 9.87. The van der Waals surface area contributed by atoms with Crippen molar-refractivity contribution < 1.29 is 14.3 Å². The first-order valence-corrected chi connectivity index (χ1v) is 11.7. The second-order valence-corrected chi connectivity index (χ2v) is 8.48. The molecule has 0 aliphatic carbocycles. The summed E-state index contributed by atoms with van der Waals surface area (Å²) < 4.78 is 6.43. The number of carbonyl (C=O) groups excluding carboxylic acids is 2. The van der Waals surface area contributed by atoms with E-state index in [2.05, 4.69) is 36.7 Å². The number of nitrogens with zero attached hydrogens (tertiary/aromatic N) is 2. The molecule has 0 aromatic heterocycles. The second-order valence-electron chi connectivity index (χ2n) is 7.57. The third kappa shape index (κ3) is 7.85. The topological polar surface area (TPSA) is 83.0 Å². The molecule has 1 aliphatic rings. The number of carbonyl (C=O) groups is 2. The molecule has 0 saturated carbocycles. The molecule has 2 aromatic carbocycles. The van der Waals surface area contributed by atoms with Crippen LogP contribution in [0.3, 0.4) is 0 Å². The van der Waals surface area contributed by atoms with Crippen LogP contribution in [0.4, 0.5) is 0 Å². The highest BCUT2D eigenvalue weighted by atomic mass is 79.9. The van der Waals surface area contributed by atoms with Crippen molar-refractivity contribution in [1.82, 2.24) is 15.6 Å². The molecule has 0 bridgehead atoms. The third-order valence-corrected chi connectivity index (χ3v) is 5.80. The van der Waals surface area contributed by atoms with Gasteiger partial charge >= 0.3 is 0 Å². The van der Waals surface area contributed by atoms with Gasteiger partial charge in [-0.3, -0.25) is 14.5 Å². The molecule has 32 heavy (non-hydrogen) atoms. The molecular formula is C24H29BrN4O3. The van der Waals surface area contributed by atoms with E-state index in [1.807, 2.05) is 42.5 Å². The van der Waals surface area contributed by atoms with Gasteiger partial charge in [0, 0.05) is 29.7 Å². The van der Waals surface area contributed by atoms with E-state index in [-0.39, 0.29) is 17.9 Å². The van der Waals surface area contributed by atoms with Crippen molar-refractivity contribution in [3.8, 4) is 0 Å². The Morgan fingerprint density at radius 3 is 2.50 bits per heavy atom. The summed E-state index contributed by atoms with van der Waals surface area (Å²) >= 11 is 3.40. The molecule has 0 radical (unpaired) electrons. The lowest BCUT2D eigenvalue weighted by Gasteiger charge is -2.33. The van der Waals surface area contributed by atoms with Gasteiger partial charge in [0.25, 0.3) is 11.8 Å². The quantitative estimate of drug-likeness (QED) is 0.298. The zero-order chi connectivity index (χ0) is 22.6. The van der Waals surface area contributed by atoms with Crippen molar-refractivity contribution in [3.05, 3.63) is 70.2 Å². The highest BCUT2D eigenvalue weighted by Gasteiger charge is 2.26. The summed E-state index contributed by atoms with van der Waals surface area (Å²) in [7, 11) is 0. The minimum atomic E-state index is -0.272. The zero-order valence-corrected chi connectivity index (χ0v) is 19.6. The van der Waals surface area contributed by atoms with Crippen molar-refractivity contribution in [2.45, 2.75) is 25.3 Å². The molecule has 3 rings (SSSR count). The minimum absolute atomic E-state index is 0.0737. The summed E-state index contributed by atoms with van der Waals surface area (Å²) in [6.07, 6.45) is 3.95. The smallest absolute Gasteiger partial charge is 0.257 e. The van der Waals surface area contributed by atoms with Crippen LogP contribution in [0, 0.1) is 0 Å². The predicted molar refractivity (Wildman–Crippen MR) is 129 cm³/mol. The molecule has 1 heterocycles. The number of hydrazone groups is 1. The van der Waals surface area contributed by atoms with Crippen LogP contribution in [-0.4, -0.2) is 61.8 Å². The van der Waals surface area contributed by atoms with E-state index < -0.39 is 0 Å². The first kappa shape index (κ1) is 24.1. The lowest BCUT2D eigenvalue weighted by molar-refractivity contribution is -0.128. The predicted octanol–water partition coefficient (Wildman–Crippen LogP) is 3.20. The monoisotopic (exact) mass is 500 g/mol. The van der Waals surface area contributed by atoms with Gasteiger partial charge in [-0.15, -0.1) is 0 Å². The first-order chi connectivity index (χ1) is 15.6. The van der Waals surface area contributed by atoms with Crippen LogP contribution in [0.1, 0.15) is 35.2 Å². The number of rotatable bonds is 10. The van der Waals surface area contributed by atoms with Crippen molar-refractivity contribution in [2.24, 2.45) is 5.10 Å². The number of ether oxygens (including phenoxy) is 1. The molecule has 1 saturated heterocycles. The molecule has 1 atom stereocenters. The van der Waals surface area contributed by atoms with Gasteiger partial charge in [0.1, 0.15) is 0 Å². The molecule has 0 spiro atoms. The maximum atomic E-state index is 12.9. The van der Waals surface area contributed by atoms with Gasteiger partial charge in [-0.2, -0.15) is 5.10 Å². The third-order valence-electron chi connectivity index (χ3n) is 5.27. The number of halogens is 1. The molecule has 1 aliphatic heterocycles. The lowest BCUT2D eigenvalue weighted by atomic mass is 10.1. The van der Waals surface area contributed by atoms with Gasteiger partial charge in [-0.25, -0.2) is 5.43 Å². The Bertz CT molecular complexity index is 884. The van der Waals surface area contributed by atoms with Crippen LogP contribution in [0.15, 0.2) is 64.2 Å². The molecule has 2 amide bonds. The van der Waals surface area contributed by atoms with E-state index in [0.717, 1.165) is 36.0 Å². The van der Waals surface area contributed by atoms with Gasteiger partial charge in [0.2, 0.25) is 0 Å². The molecule has 1 unspecified atom stereocenters. The molecule has 2 aromatic rings. The fourth-order valence-corrected chi connectivity index (χ4v) is 3.78. The van der Waals surface area contributed by atoms with E-state index in [0.29, 0.717) is 31.7 Å². The Balaban J connectivity index is 1.47. The van der Waals surface area contributed by atoms with Crippen molar-refractivity contribution in [3.63, 3.8) is 0 Å². The Labute approximate surface area is 197 Å². The van der Waals surface area contributed by atoms with E-state index >= 15 is 0 Å². The van der Waals surface area contributed by atoms with Crippen LogP contribution in [0.2, 0.25) is 0 Å². The second kappa shape index (κ2) is 13.1. The largest absolute Gasteiger partial charge is 0.379 e. The first-order valence-electron chi connectivity index (χ1n) is 10.9. The molecule has 170 valence electrons. The summed E-state index contributed by atoms with van der Waals surface area (Å²) in [4.78, 5) is 27.1. The van der Waals surface area contributed by atoms with Crippen molar-refractivity contribution in [1.29, 1.82) is 0 Å². The van der Waals surface area contributed by atoms with E-state index in [4.69, 9.17) is 4.74 Å². The van der Waals surface area contributed by atoms with Gasteiger partial charge < -0.3 is 10.1 Å². The van der Waals surface area contributed by atoms with E-state index in [1.54, 1.807) is 18.3 Å². The Morgan fingerprint density at radius 2 is 1.78 bits per heavy atom. The number of benzene rings is 2. The number of hydrogen-bond donors (Lipinski definition) is 2. The Hall–Kier alpha value is -2.55. The Morgan fingerprint density at radius 1 is 1.06 bits per heavy atom. The van der Waals surface area contributed by atoms with Gasteiger partial charge in [-0.1, -0.05) is 46.3 Å². The molecule has 8 heteroatoms. The summed E-state index contributed by atoms with van der Waals surface area (Å²) in [5, 5.41) is 7.07. The molecule has 2 N–H and O–H groups in total. The van der Waals surface area contributed by atoms with Gasteiger partial charge in [-0.05, 0) is 49.1 Å². The number of amides is 2. The van der Waals surface area contributed by atoms with Gasteiger partial charge in [0.05, 0.1) is 25.5 Å². The SMILES string of the molecule is O=C(NCCCCC(C(=O)NN=Cc1ccc(Br)cc1)N1CCOCC1)c1ccccc1. The van der Waals surface area contributed by atoms with Crippen LogP contribution >= 0.6 is 15.9 Å². The standard InChI is InChI=1S/C24H29BrN4O3/c25-21-11-9-19(10-12-21)18-27-28-24(31)22(29-14-16-32-17-15-29)8-4-5-13-26-23(30)20-6-2-1-3-7-20/h1-3,6-7,9-12,18,22H,4-5,8,13-17H2,(H,26,30)(H,28,31). The number of hydrogen-bond acceptors (Lipinski definition) is 5. The molecule has 7 nitrogen and oxygen atoms in total. The zero-order valence-electron chi connectivity index (χ0n) is 18.0. The maximum absolute atomic E-state index is 12.9. The fourth-order valence-electron chi connectivity index (χ4n) is 3.52. The van der Waals surface area contributed by atoms with Crippen LogP contribution in [0.25, 0.3) is 0 Å². The number of morpholine rings is 1. The summed E-state index contributed by atoms with van der Waals surface area (Å²) in [5.41, 5.74) is 4.25. The fraction of sp³-hybridized carbons (Fsp3) is 0.375. The normalized spacial score (nSPS) is 15.4. The average molecular weight is 501 g/mol. The van der Waals surface area contributed by atoms with Crippen molar-refractivity contribution in [2.75, 3.05) is 32.8 Å². The van der Waals surface area contributed by atoms with Crippen LogP contribution in [-0.2, 0) is 9.53 Å². The molecular weight excluding hydrogens is 472 g/mol. The number of unbranched alkanes of at least 4 members (excludes halogenated alkanes) is 1. The van der Waals surface area contributed by atoms with E-state index in [1.165, 1.54) is 0 Å². The van der Waals surface area contributed by atoms with E-state index in [9.17, 15) is 9.59 Å². The van der Waals surface area contributed by atoms with Crippen molar-refractivity contribution >= 4 is 34.0 Å². The van der Waals surface area contributed by atoms with Gasteiger partial charge in [0.15, 0.2) is 0 Å². The highest BCUT2D eigenvalue weighted by molar-refractivity contribution is 9.10. The summed E-state index contributed by atoms with van der Waals surface area (Å²) in [6, 6.07) is 16.6. The summed E-state index contributed by atoms with van der Waals surface area (Å²) in [5.74, 6) is -0.191.